The van der Waals surface area contributed by atoms with E-state index in [2.05, 4.69) is 15.3 Å². The Hall–Kier alpha value is -2.51. The van der Waals surface area contributed by atoms with Gasteiger partial charge >= 0.3 is 0 Å². The lowest BCUT2D eigenvalue weighted by Crippen LogP contribution is -2.51. The number of aromatic nitrogens is 2. The molecule has 0 bridgehead atoms. The van der Waals surface area contributed by atoms with Crippen molar-refractivity contribution >= 4 is 17.8 Å². The average Bonchev–Trinajstić information content (AvgIpc) is 2.34. The first-order valence-corrected chi connectivity index (χ1v) is 5.38. The Morgan fingerprint density at radius 2 is 1.63 bits per heavy atom. The zero-order chi connectivity index (χ0) is 14.6. The zero-order valence-electron chi connectivity index (χ0n) is 10.2. The molecule has 0 unspecified atom stereocenters. The van der Waals surface area contributed by atoms with E-state index in [1.165, 1.54) is 0 Å². The Bertz CT molecular complexity index is 515. The summed E-state index contributed by atoms with van der Waals surface area (Å²) in [5.74, 6) is -4.54. The minimum atomic E-state index is -1.67. The van der Waals surface area contributed by atoms with E-state index in [1.807, 2.05) is 0 Å². The Morgan fingerprint density at radius 1 is 1.11 bits per heavy atom. The van der Waals surface area contributed by atoms with Gasteiger partial charge < -0.3 is 25.1 Å². The molecule has 1 aromatic rings. The van der Waals surface area contributed by atoms with Crippen molar-refractivity contribution in [2.75, 3.05) is 0 Å². The summed E-state index contributed by atoms with van der Waals surface area (Å²) in [6.07, 6.45) is 2.20. The molecule has 0 saturated heterocycles. The number of rotatable bonds is 5. The summed E-state index contributed by atoms with van der Waals surface area (Å²) in [5.41, 5.74) is -1.16. The van der Waals surface area contributed by atoms with Crippen LogP contribution in [-0.4, -0.2) is 33.9 Å². The molecule has 102 valence electrons. The SMILES string of the molecule is CC(C)[C@H](NC(=O)c1nccnc1C(=O)[O-])C(=O)[O-]. The Balaban J connectivity index is 3.01. The quantitative estimate of drug-likeness (QED) is 0.613. The van der Waals surface area contributed by atoms with Crippen molar-refractivity contribution in [3.63, 3.8) is 0 Å². The van der Waals surface area contributed by atoms with E-state index in [0.29, 0.717) is 0 Å². The molecular formula is C11H11N3O5-2. The van der Waals surface area contributed by atoms with Gasteiger partial charge in [-0.1, -0.05) is 13.8 Å². The molecule has 1 rings (SSSR count). The molecule has 1 aromatic heterocycles. The van der Waals surface area contributed by atoms with Gasteiger partial charge in [0.25, 0.3) is 5.91 Å². The maximum absolute atomic E-state index is 11.8. The number of hydrogen-bond acceptors (Lipinski definition) is 7. The van der Waals surface area contributed by atoms with Crippen molar-refractivity contribution in [2.24, 2.45) is 5.92 Å². The molecule has 1 atom stereocenters. The molecule has 0 saturated carbocycles. The second-order valence-corrected chi connectivity index (χ2v) is 4.06. The topological polar surface area (TPSA) is 135 Å². The molecule has 0 aliphatic heterocycles. The molecule has 0 aliphatic rings. The highest BCUT2D eigenvalue weighted by Crippen LogP contribution is 2.05. The lowest BCUT2D eigenvalue weighted by Gasteiger charge is -2.23. The van der Waals surface area contributed by atoms with Crippen molar-refractivity contribution in [3.8, 4) is 0 Å². The minimum Gasteiger partial charge on any atom is -0.548 e. The summed E-state index contributed by atoms with van der Waals surface area (Å²) in [5, 5.41) is 23.7. The second kappa shape index (κ2) is 5.89. The molecule has 8 nitrogen and oxygen atoms in total. The fourth-order valence-corrected chi connectivity index (χ4v) is 1.36. The molecule has 0 aromatic carbocycles. The van der Waals surface area contributed by atoms with Crippen molar-refractivity contribution in [1.29, 1.82) is 0 Å². The van der Waals surface area contributed by atoms with Crippen LogP contribution in [0.4, 0.5) is 0 Å². The first kappa shape index (κ1) is 14.6. The maximum atomic E-state index is 11.8. The van der Waals surface area contributed by atoms with Crippen molar-refractivity contribution in [2.45, 2.75) is 19.9 Å². The van der Waals surface area contributed by atoms with E-state index in [1.54, 1.807) is 13.8 Å². The third-order valence-corrected chi connectivity index (χ3v) is 2.31. The zero-order valence-corrected chi connectivity index (χ0v) is 10.2. The summed E-state index contributed by atoms with van der Waals surface area (Å²) >= 11 is 0. The van der Waals surface area contributed by atoms with Gasteiger partial charge in [0.2, 0.25) is 0 Å². The van der Waals surface area contributed by atoms with Crippen LogP contribution in [0.2, 0.25) is 0 Å². The van der Waals surface area contributed by atoms with Gasteiger partial charge in [-0.25, -0.2) is 4.98 Å². The predicted octanol–water partition coefficient (Wildman–Crippen LogP) is -2.66. The first-order chi connectivity index (χ1) is 8.84. The molecule has 0 spiro atoms. The number of carboxylic acid groups (broad SMARTS) is 2. The second-order valence-electron chi connectivity index (χ2n) is 4.06. The average molecular weight is 265 g/mol. The molecule has 0 fully saturated rings. The van der Waals surface area contributed by atoms with Gasteiger partial charge in [-0.15, -0.1) is 0 Å². The van der Waals surface area contributed by atoms with Crippen LogP contribution in [0.15, 0.2) is 12.4 Å². The van der Waals surface area contributed by atoms with Crippen LogP contribution in [0.5, 0.6) is 0 Å². The normalized spacial score (nSPS) is 11.9. The molecule has 0 aliphatic carbocycles. The summed E-state index contributed by atoms with van der Waals surface area (Å²) in [7, 11) is 0. The molecule has 1 heterocycles. The highest BCUT2D eigenvalue weighted by atomic mass is 16.4. The third-order valence-electron chi connectivity index (χ3n) is 2.31. The number of hydrogen-bond donors (Lipinski definition) is 1. The number of carboxylic acids is 2. The molecule has 8 heteroatoms. The highest BCUT2D eigenvalue weighted by molar-refractivity contribution is 6.02. The lowest BCUT2D eigenvalue weighted by molar-refractivity contribution is -0.309. The Kier molecular flexibility index (Phi) is 4.51. The van der Waals surface area contributed by atoms with Crippen LogP contribution in [0.1, 0.15) is 34.8 Å². The van der Waals surface area contributed by atoms with E-state index in [0.717, 1.165) is 12.4 Å². The highest BCUT2D eigenvalue weighted by Gasteiger charge is 2.21. The van der Waals surface area contributed by atoms with Gasteiger partial charge in [0.15, 0.2) is 5.69 Å². The molecule has 1 N–H and O–H groups in total. The van der Waals surface area contributed by atoms with Gasteiger partial charge in [-0.05, 0) is 5.92 Å². The van der Waals surface area contributed by atoms with E-state index in [9.17, 15) is 24.6 Å². The van der Waals surface area contributed by atoms with Crippen LogP contribution in [-0.2, 0) is 4.79 Å². The lowest BCUT2D eigenvalue weighted by atomic mass is 10.0. The molecule has 0 radical (unpaired) electrons. The smallest absolute Gasteiger partial charge is 0.272 e. The van der Waals surface area contributed by atoms with Crippen LogP contribution in [0.25, 0.3) is 0 Å². The largest absolute Gasteiger partial charge is 0.548 e. The number of aromatic carboxylic acids is 1. The Labute approximate surface area is 108 Å². The Morgan fingerprint density at radius 3 is 2.05 bits per heavy atom. The van der Waals surface area contributed by atoms with Crippen molar-refractivity contribution in [1.82, 2.24) is 15.3 Å². The molecular weight excluding hydrogens is 254 g/mol. The fraction of sp³-hybridized carbons (Fsp3) is 0.364. The fourth-order valence-electron chi connectivity index (χ4n) is 1.36. The molecule has 19 heavy (non-hydrogen) atoms. The molecule has 1 amide bonds. The number of carbonyl (C=O) groups excluding carboxylic acids is 3. The van der Waals surface area contributed by atoms with E-state index in [-0.39, 0.29) is 0 Å². The summed E-state index contributed by atoms with van der Waals surface area (Å²) in [4.78, 5) is 40.4. The summed E-state index contributed by atoms with van der Waals surface area (Å²) in [6, 6.07) is -1.26. The van der Waals surface area contributed by atoms with Crippen molar-refractivity contribution < 1.29 is 24.6 Å². The van der Waals surface area contributed by atoms with Crippen LogP contribution in [0, 0.1) is 5.92 Å². The standard InChI is InChI=1S/C11H13N3O5/c1-5(2)6(10(16)17)14-9(15)7-8(11(18)19)13-4-3-12-7/h3-6H,1-2H3,(H,14,15)(H,16,17)(H,18,19)/p-2/t6-/m0/s1. The number of carbonyl (C=O) groups is 3. The number of nitrogens with one attached hydrogen (secondary N) is 1. The van der Waals surface area contributed by atoms with Gasteiger partial charge in [0.1, 0.15) is 5.69 Å². The van der Waals surface area contributed by atoms with Gasteiger partial charge in [0, 0.05) is 12.4 Å². The van der Waals surface area contributed by atoms with Gasteiger partial charge in [-0.3, -0.25) is 9.78 Å². The monoisotopic (exact) mass is 265 g/mol. The van der Waals surface area contributed by atoms with Crippen LogP contribution in [0.3, 0.4) is 0 Å². The van der Waals surface area contributed by atoms with E-state index >= 15 is 0 Å². The number of aliphatic carboxylic acids is 1. The van der Waals surface area contributed by atoms with Gasteiger partial charge in [-0.2, -0.15) is 0 Å². The first-order valence-electron chi connectivity index (χ1n) is 5.38. The third kappa shape index (κ3) is 3.47. The van der Waals surface area contributed by atoms with Crippen LogP contribution >= 0.6 is 0 Å². The minimum absolute atomic E-state index is 0.433. The predicted molar refractivity (Wildman–Crippen MR) is 57.5 cm³/mol. The van der Waals surface area contributed by atoms with Crippen LogP contribution < -0.4 is 15.5 Å². The summed E-state index contributed by atoms with van der Waals surface area (Å²) < 4.78 is 0. The van der Waals surface area contributed by atoms with E-state index < -0.39 is 41.2 Å². The van der Waals surface area contributed by atoms with Gasteiger partial charge in [0.05, 0.1) is 18.0 Å². The maximum Gasteiger partial charge on any atom is 0.272 e. The summed E-state index contributed by atoms with van der Waals surface area (Å²) in [6.45, 7) is 3.13. The number of nitrogens with zero attached hydrogens (tertiary/aromatic N) is 2. The van der Waals surface area contributed by atoms with Crippen molar-refractivity contribution in [3.05, 3.63) is 23.8 Å². The number of amides is 1. The van der Waals surface area contributed by atoms with E-state index in [4.69, 9.17) is 0 Å².